The van der Waals surface area contributed by atoms with Gasteiger partial charge in [0, 0.05) is 18.4 Å². The molecule has 1 aliphatic rings. The largest absolute Gasteiger partial charge is 0.339 e. The van der Waals surface area contributed by atoms with Crippen molar-refractivity contribution in [2.75, 3.05) is 7.05 Å². The normalized spacial score (nSPS) is 19.9. The molecule has 1 saturated carbocycles. The molecule has 1 aliphatic carbocycles. The summed E-state index contributed by atoms with van der Waals surface area (Å²) in [5.74, 6) is 2.23. The molecule has 0 amide bonds. The number of nitrogens with one attached hydrogen (secondary N) is 1. The molecule has 4 heteroatoms. The molecule has 1 fully saturated rings. The summed E-state index contributed by atoms with van der Waals surface area (Å²) < 4.78 is 5.29. The van der Waals surface area contributed by atoms with Gasteiger partial charge in [0.2, 0.25) is 5.89 Å². The lowest BCUT2D eigenvalue weighted by Gasteiger charge is -2.17. The number of hydrogen-bond acceptors (Lipinski definition) is 4. The molecular formula is C12H21N3O. The molecule has 0 radical (unpaired) electrons. The van der Waals surface area contributed by atoms with Gasteiger partial charge >= 0.3 is 0 Å². The lowest BCUT2D eigenvalue weighted by Crippen LogP contribution is -2.23. The molecule has 0 saturated heterocycles. The van der Waals surface area contributed by atoms with Crippen molar-refractivity contribution in [1.29, 1.82) is 0 Å². The summed E-state index contributed by atoms with van der Waals surface area (Å²) in [6.07, 6.45) is 7.23. The van der Waals surface area contributed by atoms with Crippen LogP contribution in [0.25, 0.3) is 0 Å². The van der Waals surface area contributed by atoms with Crippen LogP contribution in [0.4, 0.5) is 0 Å². The second-order valence-electron chi connectivity index (χ2n) is 4.78. The Balaban J connectivity index is 1.95. The van der Waals surface area contributed by atoms with E-state index in [4.69, 9.17) is 4.52 Å². The van der Waals surface area contributed by atoms with Gasteiger partial charge in [-0.2, -0.15) is 4.98 Å². The van der Waals surface area contributed by atoms with Crippen LogP contribution in [0.1, 0.15) is 56.7 Å². The number of aromatic nitrogens is 2. The highest BCUT2D eigenvalue weighted by atomic mass is 16.5. The van der Waals surface area contributed by atoms with Crippen LogP contribution in [0.5, 0.6) is 0 Å². The molecule has 0 bridgehead atoms. The summed E-state index contributed by atoms with van der Waals surface area (Å²) in [5.41, 5.74) is 0. The van der Waals surface area contributed by atoms with E-state index >= 15 is 0 Å². The lowest BCUT2D eigenvalue weighted by molar-refractivity contribution is 0.349. The smallest absolute Gasteiger partial charge is 0.228 e. The first-order valence-corrected chi connectivity index (χ1v) is 6.29. The Kier molecular flexibility index (Phi) is 3.93. The first-order chi connectivity index (χ1) is 7.79. The van der Waals surface area contributed by atoms with Gasteiger partial charge in [-0.1, -0.05) is 24.4 Å². The maximum absolute atomic E-state index is 5.29. The van der Waals surface area contributed by atoms with E-state index in [0.717, 1.165) is 18.1 Å². The van der Waals surface area contributed by atoms with Crippen LogP contribution in [-0.2, 0) is 6.42 Å². The predicted molar refractivity (Wildman–Crippen MR) is 62.3 cm³/mol. The van der Waals surface area contributed by atoms with Crippen molar-refractivity contribution in [2.24, 2.45) is 0 Å². The molecule has 1 N–H and O–H groups in total. The molecule has 1 atom stereocenters. The van der Waals surface area contributed by atoms with E-state index in [0.29, 0.717) is 12.0 Å². The van der Waals surface area contributed by atoms with Crippen LogP contribution in [0, 0.1) is 0 Å². The Hall–Kier alpha value is -0.900. The van der Waals surface area contributed by atoms with Gasteiger partial charge in [-0.25, -0.2) is 0 Å². The summed E-state index contributed by atoms with van der Waals surface area (Å²) >= 11 is 0. The molecular weight excluding hydrogens is 202 g/mol. The molecule has 4 nitrogen and oxygen atoms in total. The standard InChI is InChI=1S/C12H21N3O/c1-9(13-2)8-11-14-12(15-16-11)10-6-4-3-5-7-10/h9-10,13H,3-8H2,1-2H3. The van der Waals surface area contributed by atoms with Gasteiger partial charge in [0.05, 0.1) is 0 Å². The monoisotopic (exact) mass is 223 g/mol. The number of likely N-dealkylation sites (N-methyl/N-ethyl adjacent to an activating group) is 1. The van der Waals surface area contributed by atoms with Gasteiger partial charge in [0.25, 0.3) is 0 Å². The fraction of sp³-hybridized carbons (Fsp3) is 0.833. The Labute approximate surface area is 96.8 Å². The summed E-state index contributed by atoms with van der Waals surface area (Å²) in [7, 11) is 1.95. The minimum atomic E-state index is 0.389. The van der Waals surface area contributed by atoms with Crippen molar-refractivity contribution in [3.05, 3.63) is 11.7 Å². The topological polar surface area (TPSA) is 51.0 Å². The second kappa shape index (κ2) is 5.43. The Morgan fingerprint density at radius 2 is 2.12 bits per heavy atom. The zero-order valence-electron chi connectivity index (χ0n) is 10.2. The highest BCUT2D eigenvalue weighted by molar-refractivity contribution is 4.97. The van der Waals surface area contributed by atoms with Crippen molar-refractivity contribution >= 4 is 0 Å². The molecule has 90 valence electrons. The first-order valence-electron chi connectivity index (χ1n) is 6.29. The Morgan fingerprint density at radius 1 is 1.38 bits per heavy atom. The van der Waals surface area contributed by atoms with Crippen molar-refractivity contribution in [3.8, 4) is 0 Å². The number of hydrogen-bond donors (Lipinski definition) is 1. The first kappa shape index (κ1) is 11.6. The summed E-state index contributed by atoms with van der Waals surface area (Å²) in [5, 5.41) is 7.29. The maximum Gasteiger partial charge on any atom is 0.228 e. The third-order valence-corrected chi connectivity index (χ3v) is 3.43. The van der Waals surface area contributed by atoms with Gasteiger partial charge in [-0.15, -0.1) is 0 Å². The molecule has 0 spiro atoms. The highest BCUT2D eigenvalue weighted by Crippen LogP contribution is 2.30. The summed E-state index contributed by atoms with van der Waals surface area (Å²) in [6, 6.07) is 0.389. The van der Waals surface area contributed by atoms with E-state index in [1.54, 1.807) is 0 Å². The molecule has 1 aromatic rings. The van der Waals surface area contributed by atoms with Gasteiger partial charge in [-0.3, -0.25) is 0 Å². The molecule has 2 rings (SSSR count). The van der Waals surface area contributed by atoms with E-state index in [2.05, 4.69) is 22.4 Å². The minimum absolute atomic E-state index is 0.389. The lowest BCUT2D eigenvalue weighted by atomic mass is 9.89. The van der Waals surface area contributed by atoms with Crippen LogP contribution in [0.15, 0.2) is 4.52 Å². The Morgan fingerprint density at radius 3 is 2.81 bits per heavy atom. The molecule has 0 aromatic carbocycles. The van der Waals surface area contributed by atoms with Crippen LogP contribution in [0.2, 0.25) is 0 Å². The zero-order chi connectivity index (χ0) is 11.4. The predicted octanol–water partition coefficient (Wildman–Crippen LogP) is 2.27. The average molecular weight is 223 g/mol. The van der Waals surface area contributed by atoms with Crippen molar-refractivity contribution < 1.29 is 4.52 Å². The molecule has 1 aromatic heterocycles. The molecule has 0 aliphatic heterocycles. The second-order valence-corrected chi connectivity index (χ2v) is 4.78. The fourth-order valence-corrected chi connectivity index (χ4v) is 2.24. The average Bonchev–Trinajstić information content (AvgIpc) is 2.78. The quantitative estimate of drug-likeness (QED) is 0.850. The van der Waals surface area contributed by atoms with E-state index < -0.39 is 0 Å². The number of nitrogens with zero attached hydrogens (tertiary/aromatic N) is 2. The third kappa shape index (κ3) is 2.82. The SMILES string of the molecule is CNC(C)Cc1nc(C2CCCCC2)no1. The Bertz CT molecular complexity index is 318. The fourth-order valence-electron chi connectivity index (χ4n) is 2.24. The maximum atomic E-state index is 5.29. The van der Waals surface area contributed by atoms with Gasteiger partial charge in [-0.05, 0) is 26.8 Å². The highest BCUT2D eigenvalue weighted by Gasteiger charge is 2.21. The minimum Gasteiger partial charge on any atom is -0.339 e. The van der Waals surface area contributed by atoms with Crippen LogP contribution < -0.4 is 5.32 Å². The van der Waals surface area contributed by atoms with E-state index in [-0.39, 0.29) is 0 Å². The van der Waals surface area contributed by atoms with Gasteiger partial charge in [0.15, 0.2) is 5.82 Å². The van der Waals surface area contributed by atoms with Crippen LogP contribution in [-0.4, -0.2) is 23.2 Å². The molecule has 16 heavy (non-hydrogen) atoms. The third-order valence-electron chi connectivity index (χ3n) is 3.43. The van der Waals surface area contributed by atoms with Crippen LogP contribution >= 0.6 is 0 Å². The van der Waals surface area contributed by atoms with Gasteiger partial charge < -0.3 is 9.84 Å². The van der Waals surface area contributed by atoms with Gasteiger partial charge in [0.1, 0.15) is 0 Å². The molecule has 1 unspecified atom stereocenters. The van der Waals surface area contributed by atoms with E-state index in [9.17, 15) is 0 Å². The molecule has 1 heterocycles. The van der Waals surface area contributed by atoms with E-state index in [1.807, 2.05) is 7.05 Å². The van der Waals surface area contributed by atoms with Crippen molar-refractivity contribution in [3.63, 3.8) is 0 Å². The van der Waals surface area contributed by atoms with E-state index in [1.165, 1.54) is 32.1 Å². The summed E-state index contributed by atoms with van der Waals surface area (Å²) in [6.45, 7) is 2.12. The van der Waals surface area contributed by atoms with Crippen molar-refractivity contribution in [1.82, 2.24) is 15.5 Å². The van der Waals surface area contributed by atoms with Crippen molar-refractivity contribution in [2.45, 2.75) is 57.4 Å². The number of rotatable bonds is 4. The zero-order valence-corrected chi connectivity index (χ0v) is 10.2. The summed E-state index contributed by atoms with van der Waals surface area (Å²) in [4.78, 5) is 4.50. The van der Waals surface area contributed by atoms with Crippen LogP contribution in [0.3, 0.4) is 0 Å².